The van der Waals surface area contributed by atoms with E-state index < -0.39 is 0 Å². The van der Waals surface area contributed by atoms with E-state index in [0.29, 0.717) is 11.8 Å². The normalized spacial score (nSPS) is 24.8. The zero-order valence-corrected chi connectivity index (χ0v) is 9.93. The molecule has 1 saturated heterocycles. The maximum Gasteiger partial charge on any atom is 0.222 e. The number of carbonyl (C=O) groups excluding carboxylic acids is 1. The highest BCUT2D eigenvalue weighted by molar-refractivity contribution is 5.78. The lowest BCUT2D eigenvalue weighted by atomic mass is 10.1. The van der Waals surface area contributed by atoms with Gasteiger partial charge in [0.15, 0.2) is 0 Å². The number of imidazole rings is 1. The molecule has 1 unspecified atom stereocenters. The minimum atomic E-state index is 0.320. The van der Waals surface area contributed by atoms with Crippen molar-refractivity contribution < 1.29 is 4.79 Å². The monoisotopic (exact) mass is 234 g/mol. The van der Waals surface area contributed by atoms with Crippen LogP contribution in [0, 0.1) is 5.92 Å². The molecule has 5 nitrogen and oxygen atoms in total. The first-order valence-corrected chi connectivity index (χ1v) is 6.31. The summed E-state index contributed by atoms with van der Waals surface area (Å²) in [6, 6.07) is 0. The van der Waals surface area contributed by atoms with E-state index in [0.717, 1.165) is 51.4 Å². The van der Waals surface area contributed by atoms with Crippen molar-refractivity contribution in [1.82, 2.24) is 19.8 Å². The van der Waals surface area contributed by atoms with Crippen LogP contribution in [0.5, 0.6) is 0 Å². The maximum atomic E-state index is 11.6. The smallest absolute Gasteiger partial charge is 0.222 e. The van der Waals surface area contributed by atoms with Gasteiger partial charge in [-0.05, 0) is 6.42 Å². The molecule has 3 heterocycles. The van der Waals surface area contributed by atoms with Crippen LogP contribution < -0.4 is 5.32 Å². The van der Waals surface area contributed by atoms with Crippen molar-refractivity contribution in [3.05, 3.63) is 18.2 Å². The largest absolute Gasteiger partial charge is 0.342 e. The van der Waals surface area contributed by atoms with Crippen LogP contribution in [-0.4, -0.2) is 40.0 Å². The molecule has 0 spiro atoms. The minimum absolute atomic E-state index is 0.320. The molecule has 1 amide bonds. The first-order chi connectivity index (χ1) is 8.33. The van der Waals surface area contributed by atoms with Crippen molar-refractivity contribution >= 4 is 5.91 Å². The van der Waals surface area contributed by atoms with Crippen molar-refractivity contribution in [2.75, 3.05) is 19.6 Å². The number of fused-ring (bicyclic) bond motifs is 1. The van der Waals surface area contributed by atoms with Gasteiger partial charge in [0, 0.05) is 50.9 Å². The molecule has 0 saturated carbocycles. The topological polar surface area (TPSA) is 50.2 Å². The van der Waals surface area contributed by atoms with E-state index in [1.54, 1.807) is 0 Å². The maximum absolute atomic E-state index is 11.6. The summed E-state index contributed by atoms with van der Waals surface area (Å²) in [4.78, 5) is 17.9. The number of amides is 1. The fraction of sp³-hybridized carbons (Fsp3) is 0.667. The summed E-state index contributed by atoms with van der Waals surface area (Å²) < 4.78 is 2.20. The molecule has 0 aromatic carbocycles. The van der Waals surface area contributed by atoms with Crippen LogP contribution in [0.3, 0.4) is 0 Å². The summed E-state index contributed by atoms with van der Waals surface area (Å²) in [5.74, 6) is 1.91. The molecule has 5 heteroatoms. The van der Waals surface area contributed by atoms with Crippen LogP contribution in [0.25, 0.3) is 0 Å². The Bertz CT molecular complexity index is 414. The number of carbonyl (C=O) groups is 1. The lowest BCUT2D eigenvalue weighted by molar-refractivity contribution is -0.128. The average molecular weight is 234 g/mol. The van der Waals surface area contributed by atoms with Gasteiger partial charge in [0.2, 0.25) is 5.91 Å². The first kappa shape index (κ1) is 10.8. The third-order valence-corrected chi connectivity index (χ3v) is 3.62. The molecule has 0 aliphatic carbocycles. The van der Waals surface area contributed by atoms with Crippen molar-refractivity contribution in [2.45, 2.75) is 25.9 Å². The predicted molar refractivity (Wildman–Crippen MR) is 63.2 cm³/mol. The van der Waals surface area contributed by atoms with Gasteiger partial charge in [-0.1, -0.05) is 0 Å². The molecule has 0 radical (unpaired) electrons. The fourth-order valence-corrected chi connectivity index (χ4v) is 2.74. The van der Waals surface area contributed by atoms with Crippen LogP contribution in [0.1, 0.15) is 18.7 Å². The molecular formula is C12H18N4O. The van der Waals surface area contributed by atoms with Crippen LogP contribution in [0.2, 0.25) is 0 Å². The Hall–Kier alpha value is -1.36. The standard InChI is InChI=1S/C12H18N4O/c17-12-2-1-4-16(12)9-10-6-13-7-11-14-3-5-15(11)8-10/h3,5,10,13H,1-2,4,6-9H2. The van der Waals surface area contributed by atoms with E-state index in [2.05, 4.69) is 14.9 Å². The summed E-state index contributed by atoms with van der Waals surface area (Å²) in [5, 5.41) is 3.41. The Labute approximate surface area is 101 Å². The molecular weight excluding hydrogens is 216 g/mol. The van der Waals surface area contributed by atoms with E-state index in [-0.39, 0.29) is 0 Å². The van der Waals surface area contributed by atoms with Gasteiger partial charge < -0.3 is 14.8 Å². The van der Waals surface area contributed by atoms with Crippen molar-refractivity contribution in [3.63, 3.8) is 0 Å². The highest BCUT2D eigenvalue weighted by Gasteiger charge is 2.25. The Morgan fingerprint density at radius 2 is 2.47 bits per heavy atom. The third kappa shape index (κ3) is 2.20. The Morgan fingerprint density at radius 1 is 1.53 bits per heavy atom. The van der Waals surface area contributed by atoms with Crippen molar-refractivity contribution in [1.29, 1.82) is 0 Å². The molecule has 3 rings (SSSR count). The molecule has 1 fully saturated rings. The van der Waals surface area contributed by atoms with E-state index in [1.165, 1.54) is 0 Å². The number of nitrogens with one attached hydrogen (secondary N) is 1. The number of nitrogens with zero attached hydrogens (tertiary/aromatic N) is 3. The number of likely N-dealkylation sites (tertiary alicyclic amines) is 1. The highest BCUT2D eigenvalue weighted by Crippen LogP contribution is 2.15. The summed E-state index contributed by atoms with van der Waals surface area (Å²) >= 11 is 0. The number of rotatable bonds is 2. The van der Waals surface area contributed by atoms with Crippen molar-refractivity contribution in [2.24, 2.45) is 5.92 Å². The Morgan fingerprint density at radius 3 is 3.29 bits per heavy atom. The molecule has 92 valence electrons. The molecule has 2 aliphatic heterocycles. The van der Waals surface area contributed by atoms with Crippen LogP contribution >= 0.6 is 0 Å². The second kappa shape index (κ2) is 4.49. The van der Waals surface area contributed by atoms with Gasteiger partial charge in [-0.2, -0.15) is 0 Å². The van der Waals surface area contributed by atoms with Gasteiger partial charge in [-0.3, -0.25) is 4.79 Å². The van der Waals surface area contributed by atoms with Crippen molar-refractivity contribution in [3.8, 4) is 0 Å². The minimum Gasteiger partial charge on any atom is -0.342 e. The lowest BCUT2D eigenvalue weighted by Gasteiger charge is -2.22. The summed E-state index contributed by atoms with van der Waals surface area (Å²) in [5.41, 5.74) is 0. The van der Waals surface area contributed by atoms with Gasteiger partial charge in [-0.25, -0.2) is 4.98 Å². The molecule has 1 aromatic heterocycles. The van der Waals surface area contributed by atoms with Crippen LogP contribution in [-0.2, 0) is 17.9 Å². The summed E-state index contributed by atoms with van der Waals surface area (Å²) in [7, 11) is 0. The molecule has 2 aliphatic rings. The van der Waals surface area contributed by atoms with Gasteiger partial charge >= 0.3 is 0 Å². The van der Waals surface area contributed by atoms with Gasteiger partial charge in [0.05, 0.1) is 6.54 Å². The molecule has 0 bridgehead atoms. The Balaban J connectivity index is 1.66. The number of aromatic nitrogens is 2. The lowest BCUT2D eigenvalue weighted by Crippen LogP contribution is -2.35. The Kier molecular flexibility index (Phi) is 2.84. The molecule has 1 N–H and O–H groups in total. The quantitative estimate of drug-likeness (QED) is 0.796. The zero-order chi connectivity index (χ0) is 11.7. The second-order valence-electron chi connectivity index (χ2n) is 4.94. The summed E-state index contributed by atoms with van der Waals surface area (Å²) in [6.07, 6.45) is 5.63. The highest BCUT2D eigenvalue weighted by atomic mass is 16.2. The molecule has 1 atom stereocenters. The average Bonchev–Trinajstić information content (AvgIpc) is 2.86. The summed E-state index contributed by atoms with van der Waals surface area (Å²) in [6.45, 7) is 4.58. The predicted octanol–water partition coefficient (Wildman–Crippen LogP) is 0.225. The van der Waals surface area contributed by atoms with E-state index >= 15 is 0 Å². The fourth-order valence-electron chi connectivity index (χ4n) is 2.74. The van der Waals surface area contributed by atoms with E-state index in [4.69, 9.17) is 0 Å². The van der Waals surface area contributed by atoms with Gasteiger partial charge in [-0.15, -0.1) is 0 Å². The number of hydrogen-bond donors (Lipinski definition) is 1. The second-order valence-corrected chi connectivity index (χ2v) is 4.94. The molecule has 17 heavy (non-hydrogen) atoms. The zero-order valence-electron chi connectivity index (χ0n) is 9.93. The number of hydrogen-bond acceptors (Lipinski definition) is 3. The molecule has 1 aromatic rings. The van der Waals surface area contributed by atoms with Gasteiger partial charge in [0.25, 0.3) is 0 Å². The first-order valence-electron chi connectivity index (χ1n) is 6.31. The van der Waals surface area contributed by atoms with E-state index in [9.17, 15) is 4.79 Å². The third-order valence-electron chi connectivity index (χ3n) is 3.62. The van der Waals surface area contributed by atoms with Crippen LogP contribution in [0.15, 0.2) is 12.4 Å². The SMILES string of the molecule is O=C1CCCN1CC1CNCc2nccn2C1. The van der Waals surface area contributed by atoms with Gasteiger partial charge in [0.1, 0.15) is 5.82 Å². The van der Waals surface area contributed by atoms with E-state index in [1.807, 2.05) is 17.3 Å². The van der Waals surface area contributed by atoms with Crippen LogP contribution in [0.4, 0.5) is 0 Å².